The third-order valence-corrected chi connectivity index (χ3v) is 2.83. The molecule has 2 rings (SSSR count). The monoisotopic (exact) mass is 292 g/mol. The van der Waals surface area contributed by atoms with E-state index in [0.29, 0.717) is 5.69 Å². The van der Waals surface area contributed by atoms with Crippen molar-refractivity contribution in [2.45, 2.75) is 0 Å². The normalized spacial score (nSPS) is 10.1. The Bertz CT molecular complexity index is 739. The third-order valence-electron chi connectivity index (χ3n) is 2.52. The number of H-pyrrole nitrogens is 1. The van der Waals surface area contributed by atoms with Gasteiger partial charge in [-0.3, -0.25) is 9.59 Å². The first-order valence-electron chi connectivity index (χ1n) is 5.51. The van der Waals surface area contributed by atoms with Gasteiger partial charge in [0, 0.05) is 11.9 Å². The number of carboxylic acid groups (broad SMARTS) is 1. The number of carbonyl (C=O) groups excluding carboxylic acids is 1. The molecule has 7 heteroatoms. The Morgan fingerprint density at radius 1 is 1.20 bits per heavy atom. The van der Waals surface area contributed by atoms with Crippen molar-refractivity contribution in [3.8, 4) is 0 Å². The number of carboxylic acids is 1. The fourth-order valence-corrected chi connectivity index (χ4v) is 1.83. The second-order valence-electron chi connectivity index (χ2n) is 3.87. The van der Waals surface area contributed by atoms with Gasteiger partial charge in [-0.2, -0.15) is 0 Å². The van der Waals surface area contributed by atoms with Crippen LogP contribution in [-0.2, 0) is 0 Å². The Balaban J connectivity index is 2.25. The summed E-state index contributed by atoms with van der Waals surface area (Å²) in [6.45, 7) is 0. The van der Waals surface area contributed by atoms with Crippen molar-refractivity contribution in [1.82, 2.24) is 4.98 Å². The molecule has 3 N–H and O–H groups in total. The van der Waals surface area contributed by atoms with Crippen LogP contribution in [0, 0.1) is 0 Å². The zero-order valence-electron chi connectivity index (χ0n) is 10.0. The Labute approximate surface area is 118 Å². The number of halogens is 1. The van der Waals surface area contributed by atoms with Gasteiger partial charge in [0.05, 0.1) is 10.6 Å². The minimum absolute atomic E-state index is 0.00253. The number of hydrogen-bond donors (Lipinski definition) is 3. The van der Waals surface area contributed by atoms with Crippen molar-refractivity contribution in [3.05, 3.63) is 63.0 Å². The van der Waals surface area contributed by atoms with Gasteiger partial charge in [-0.25, -0.2) is 4.79 Å². The number of anilines is 1. The van der Waals surface area contributed by atoms with Gasteiger partial charge in [-0.1, -0.05) is 11.6 Å². The summed E-state index contributed by atoms with van der Waals surface area (Å²) in [6.07, 6.45) is 1.41. The van der Waals surface area contributed by atoms with E-state index >= 15 is 0 Å². The molecule has 0 aliphatic heterocycles. The lowest BCUT2D eigenvalue weighted by Gasteiger charge is -2.06. The highest BCUT2D eigenvalue weighted by atomic mass is 35.5. The Kier molecular flexibility index (Phi) is 3.86. The summed E-state index contributed by atoms with van der Waals surface area (Å²) in [5.41, 5.74) is -0.334. The van der Waals surface area contributed by atoms with Crippen LogP contribution >= 0.6 is 11.6 Å². The van der Waals surface area contributed by atoms with Gasteiger partial charge in [-0.15, -0.1) is 0 Å². The highest BCUT2D eigenvalue weighted by molar-refractivity contribution is 6.33. The van der Waals surface area contributed by atoms with Crippen molar-refractivity contribution in [2.24, 2.45) is 0 Å². The van der Waals surface area contributed by atoms with E-state index in [9.17, 15) is 14.4 Å². The summed E-state index contributed by atoms with van der Waals surface area (Å²) in [6, 6.07) is 6.87. The predicted octanol–water partition coefficient (Wildman–Crippen LogP) is 1.98. The number of pyridine rings is 1. The zero-order valence-corrected chi connectivity index (χ0v) is 10.8. The van der Waals surface area contributed by atoms with E-state index in [-0.39, 0.29) is 16.1 Å². The van der Waals surface area contributed by atoms with Gasteiger partial charge >= 0.3 is 5.97 Å². The lowest BCUT2D eigenvalue weighted by atomic mass is 10.2. The molecule has 1 aromatic carbocycles. The average molecular weight is 293 g/mol. The number of aromatic carboxylic acids is 1. The molecule has 0 aliphatic carbocycles. The highest BCUT2D eigenvalue weighted by Gasteiger charge is 2.12. The molecule has 0 bridgehead atoms. The maximum Gasteiger partial charge on any atom is 0.337 e. The standard InChI is InChI=1S/C13H9ClN2O4/c14-10-6-7(3-4-8(10)13(19)20)16-12(18)9-2-1-5-15-11(9)17/h1-6H,(H,15,17)(H,16,18)(H,19,20). The van der Waals surface area contributed by atoms with Crippen LogP contribution in [0.4, 0.5) is 5.69 Å². The quantitative estimate of drug-likeness (QED) is 0.805. The van der Waals surface area contributed by atoms with Crippen LogP contribution in [0.5, 0.6) is 0 Å². The largest absolute Gasteiger partial charge is 0.478 e. The first-order chi connectivity index (χ1) is 9.49. The molecular weight excluding hydrogens is 284 g/mol. The van der Waals surface area contributed by atoms with Crippen molar-refractivity contribution < 1.29 is 14.7 Å². The maximum absolute atomic E-state index is 11.9. The molecule has 0 radical (unpaired) electrons. The number of carbonyl (C=O) groups is 2. The molecule has 1 heterocycles. The lowest BCUT2D eigenvalue weighted by molar-refractivity contribution is 0.0697. The van der Waals surface area contributed by atoms with Gasteiger partial charge in [0.2, 0.25) is 0 Å². The third kappa shape index (κ3) is 2.86. The first kappa shape index (κ1) is 13.8. The smallest absolute Gasteiger partial charge is 0.337 e. The van der Waals surface area contributed by atoms with E-state index in [0.717, 1.165) is 0 Å². The molecular formula is C13H9ClN2O4. The van der Waals surface area contributed by atoms with Gasteiger partial charge in [-0.05, 0) is 30.3 Å². The van der Waals surface area contributed by atoms with Gasteiger partial charge in [0.25, 0.3) is 11.5 Å². The Hall–Kier alpha value is -2.60. The SMILES string of the molecule is O=C(O)c1ccc(NC(=O)c2ccc[nH]c2=O)cc1Cl. The molecule has 1 amide bonds. The summed E-state index contributed by atoms with van der Waals surface area (Å²) in [5, 5.41) is 11.3. The molecule has 0 unspecified atom stereocenters. The fraction of sp³-hybridized carbons (Fsp3) is 0. The number of rotatable bonds is 3. The minimum atomic E-state index is -1.16. The lowest BCUT2D eigenvalue weighted by Crippen LogP contribution is -2.22. The topological polar surface area (TPSA) is 99.3 Å². The molecule has 0 saturated heterocycles. The van der Waals surface area contributed by atoms with Crippen LogP contribution in [0.1, 0.15) is 20.7 Å². The Morgan fingerprint density at radius 3 is 2.55 bits per heavy atom. The molecule has 0 spiro atoms. The number of amides is 1. The summed E-state index contributed by atoms with van der Waals surface area (Å²) in [5.74, 6) is -1.77. The summed E-state index contributed by atoms with van der Waals surface area (Å²) >= 11 is 5.79. The van der Waals surface area contributed by atoms with Gasteiger partial charge < -0.3 is 15.4 Å². The summed E-state index contributed by atoms with van der Waals surface area (Å²) in [4.78, 5) is 36.5. The summed E-state index contributed by atoms with van der Waals surface area (Å²) < 4.78 is 0. The van der Waals surface area contributed by atoms with E-state index in [1.807, 2.05) is 0 Å². The van der Waals surface area contributed by atoms with E-state index in [1.165, 1.54) is 36.5 Å². The molecule has 0 aliphatic rings. The molecule has 102 valence electrons. The van der Waals surface area contributed by atoms with Gasteiger partial charge in [0.15, 0.2) is 0 Å². The van der Waals surface area contributed by atoms with Crippen LogP contribution < -0.4 is 10.9 Å². The molecule has 0 saturated carbocycles. The average Bonchev–Trinajstić information content (AvgIpc) is 2.38. The molecule has 6 nitrogen and oxygen atoms in total. The molecule has 20 heavy (non-hydrogen) atoms. The number of nitrogens with one attached hydrogen (secondary N) is 2. The van der Waals surface area contributed by atoms with Crippen LogP contribution in [0.3, 0.4) is 0 Å². The molecule has 0 fully saturated rings. The van der Waals surface area contributed by atoms with Gasteiger partial charge in [0.1, 0.15) is 5.56 Å². The van der Waals surface area contributed by atoms with Crippen LogP contribution in [-0.4, -0.2) is 22.0 Å². The van der Waals surface area contributed by atoms with Crippen molar-refractivity contribution in [2.75, 3.05) is 5.32 Å². The maximum atomic E-state index is 11.9. The number of benzene rings is 1. The van der Waals surface area contributed by atoms with Crippen molar-refractivity contribution >= 4 is 29.2 Å². The Morgan fingerprint density at radius 2 is 1.95 bits per heavy atom. The van der Waals surface area contributed by atoms with Crippen molar-refractivity contribution in [1.29, 1.82) is 0 Å². The predicted molar refractivity (Wildman–Crippen MR) is 73.4 cm³/mol. The van der Waals surface area contributed by atoms with E-state index in [4.69, 9.17) is 16.7 Å². The molecule has 0 atom stereocenters. The number of hydrogen-bond acceptors (Lipinski definition) is 3. The second kappa shape index (κ2) is 5.58. The second-order valence-corrected chi connectivity index (χ2v) is 4.27. The zero-order chi connectivity index (χ0) is 14.7. The van der Waals surface area contributed by atoms with Crippen LogP contribution in [0.15, 0.2) is 41.3 Å². The highest BCUT2D eigenvalue weighted by Crippen LogP contribution is 2.21. The van der Waals surface area contributed by atoms with Crippen LogP contribution in [0.2, 0.25) is 5.02 Å². The minimum Gasteiger partial charge on any atom is -0.478 e. The van der Waals surface area contributed by atoms with E-state index < -0.39 is 17.4 Å². The van der Waals surface area contributed by atoms with E-state index in [2.05, 4.69) is 10.3 Å². The summed E-state index contributed by atoms with van der Waals surface area (Å²) in [7, 11) is 0. The first-order valence-corrected chi connectivity index (χ1v) is 5.88. The van der Waals surface area contributed by atoms with Crippen LogP contribution in [0.25, 0.3) is 0 Å². The molecule has 2 aromatic rings. The number of aromatic nitrogens is 1. The van der Waals surface area contributed by atoms with E-state index in [1.54, 1.807) is 0 Å². The number of aromatic amines is 1. The van der Waals surface area contributed by atoms with Crippen molar-refractivity contribution in [3.63, 3.8) is 0 Å². The molecule has 1 aromatic heterocycles. The fourth-order valence-electron chi connectivity index (χ4n) is 1.57.